The number of benzene rings is 2. The SMILES string of the molecule is CC(C)(C)OC(=O)NCCC(=O)NCCC(=O)OCc1ccccc1.CC(C)(C)OC(=O)NCCC(=O)O.ClCCl.IC(I)I.[CH2-]I.[CH3-].[Cl-].[NH3+]CCC(=O)OCc1ccccc1.[V].[V]. The van der Waals surface area contributed by atoms with Gasteiger partial charge in [0.25, 0.3) is 0 Å². The van der Waals surface area contributed by atoms with Gasteiger partial charge in [0.15, 0.2) is 0 Å². The van der Waals surface area contributed by atoms with Crippen LogP contribution in [-0.2, 0) is 88.5 Å². The minimum absolute atomic E-state index is 0. The number of amides is 3. The summed E-state index contributed by atoms with van der Waals surface area (Å²) in [5, 5.41) is 15.9. The number of carboxylic acid groups (broad SMARTS) is 1. The molecule has 2 aromatic carbocycles. The Balaban J connectivity index is -0.000000115. The number of esters is 2. The van der Waals surface area contributed by atoms with E-state index in [4.69, 9.17) is 47.3 Å². The van der Waals surface area contributed by atoms with Crippen molar-refractivity contribution in [2.24, 2.45) is 0 Å². The van der Waals surface area contributed by atoms with Crippen molar-refractivity contribution in [2.45, 2.75) is 91.6 Å². The smallest absolute Gasteiger partial charge is 0.407 e. The molecule has 0 aliphatic rings. The molecule has 15 nitrogen and oxygen atoms in total. The second kappa shape index (κ2) is 53.7. The number of hydrogen-bond acceptors (Lipinski definition) is 10. The van der Waals surface area contributed by atoms with Crippen molar-refractivity contribution < 1.29 is 108 Å². The van der Waals surface area contributed by atoms with Crippen LogP contribution in [0.3, 0.4) is 0 Å². The van der Waals surface area contributed by atoms with Gasteiger partial charge in [0, 0.05) is 63.2 Å². The summed E-state index contributed by atoms with van der Waals surface area (Å²) in [6, 6.07) is 19.0. The maximum absolute atomic E-state index is 11.6. The Labute approximate surface area is 475 Å². The molecule has 2 radical (unpaired) electrons. The van der Waals surface area contributed by atoms with E-state index in [2.05, 4.69) is 94.4 Å². The Kier molecular flexibility index (Phi) is 67.8. The van der Waals surface area contributed by atoms with Crippen LogP contribution in [-0.4, -0.2) is 83.8 Å². The molecule has 24 heteroatoms. The number of carbonyl (C=O) groups is 6. The summed E-state index contributed by atoms with van der Waals surface area (Å²) in [4.78, 5) is 69.8. The van der Waals surface area contributed by atoms with E-state index in [1.54, 1.807) is 41.5 Å². The van der Waals surface area contributed by atoms with Gasteiger partial charge in [-0.1, -0.05) is 128 Å². The third kappa shape index (κ3) is 70.8. The summed E-state index contributed by atoms with van der Waals surface area (Å²) in [7, 11) is 0. The van der Waals surface area contributed by atoms with Gasteiger partial charge in [-0.15, -0.1) is 23.2 Å². The van der Waals surface area contributed by atoms with Crippen LogP contribution in [0.2, 0.25) is 0 Å². The monoisotopic (exact) mass is 1490 g/mol. The number of alkyl halides is 5. The molecule has 0 saturated heterocycles. The van der Waals surface area contributed by atoms with Gasteiger partial charge in [-0.05, 0) is 52.7 Å². The molecule has 0 aliphatic carbocycles. The average molecular weight is 1490 g/mol. The molecule has 7 N–H and O–H groups in total. The maximum Gasteiger partial charge on any atom is 0.407 e. The van der Waals surface area contributed by atoms with Crippen LogP contribution in [0.1, 0.15) is 78.4 Å². The first kappa shape index (κ1) is 80.8. The van der Waals surface area contributed by atoms with E-state index in [1.165, 1.54) is 0 Å². The number of quaternary nitrogens is 1. The van der Waals surface area contributed by atoms with E-state index < -0.39 is 29.4 Å². The van der Waals surface area contributed by atoms with Crippen LogP contribution < -0.4 is 34.1 Å². The third-order valence-corrected chi connectivity index (χ3v) is 5.54. The fourth-order valence-corrected chi connectivity index (χ4v) is 3.34. The Bertz CT molecular complexity index is 1440. The maximum atomic E-state index is 11.6. The standard InChI is InChI=1S/C18H26N2O5.C10H13NO2.C8H15NO4.CH2Cl2.CHI3.CH2I.CH3.ClH.2V/c1-18(2,3)25-17(23)20-11-9-15(21)19-12-10-16(22)24-13-14-7-5-4-6-8-14;11-7-6-10(12)13-8-9-4-2-1-3-5-9;1-8(2,3)13-7(12)9-5-4-6(10)11;2-1-3;2-1(3)4;1-2;;;;/h4-8H,9-13H2,1-3H3,(H,19,21)(H,20,23);1-5H,6-8,11H2;4-5H2,1-3H3,(H,9,12)(H,10,11);1H2;1H;1H2;1H3;1H;;/q;;;;;2*-1;;;. The predicted octanol–water partition coefficient (Wildman–Crippen LogP) is 6.16. The van der Waals surface area contributed by atoms with Crippen molar-refractivity contribution in [2.75, 3.05) is 31.5 Å². The second-order valence-electron chi connectivity index (χ2n) is 13.1. The third-order valence-electron chi connectivity index (χ3n) is 5.54. The minimum atomic E-state index is -0.948. The van der Waals surface area contributed by atoms with Crippen LogP contribution in [0.5, 0.6) is 0 Å². The molecule has 2 aromatic rings. The van der Waals surface area contributed by atoms with Crippen molar-refractivity contribution in [3.05, 3.63) is 84.1 Å². The molecule has 0 aromatic heterocycles. The van der Waals surface area contributed by atoms with Gasteiger partial charge in [-0.3, -0.25) is 24.1 Å². The van der Waals surface area contributed by atoms with Gasteiger partial charge in [0.2, 0.25) is 5.91 Å². The summed E-state index contributed by atoms with van der Waals surface area (Å²) < 4.78 is 20.8. The number of hydrogen-bond donors (Lipinski definition) is 5. The van der Waals surface area contributed by atoms with Gasteiger partial charge in [-0.25, -0.2) is 9.59 Å². The molecule has 0 saturated carbocycles. The van der Waals surface area contributed by atoms with Crippen LogP contribution in [0.4, 0.5) is 9.59 Å². The first-order chi connectivity index (χ1) is 28.0. The Morgan fingerprint density at radius 1 is 0.656 bits per heavy atom. The molecule has 0 aliphatic heterocycles. The zero-order valence-electron chi connectivity index (χ0n) is 37.1. The van der Waals surface area contributed by atoms with Crippen molar-refractivity contribution in [3.8, 4) is 0 Å². The molecule has 0 spiro atoms. The van der Waals surface area contributed by atoms with Crippen LogP contribution >= 0.6 is 114 Å². The van der Waals surface area contributed by atoms with Crippen LogP contribution in [0, 0.1) is 12.4 Å². The van der Waals surface area contributed by atoms with Crippen molar-refractivity contribution in [3.63, 3.8) is 0 Å². The number of rotatable bonds is 15. The number of aliphatic carboxylic acids is 1. The molecule has 370 valence electrons. The summed E-state index contributed by atoms with van der Waals surface area (Å²) in [5.74, 6) is -1.77. The van der Waals surface area contributed by atoms with E-state index in [0.717, 1.165) is 11.1 Å². The predicted molar refractivity (Wildman–Crippen MR) is 276 cm³/mol. The molecular formula is C40H63Cl3I4N4O11V2-2. The topological polar surface area (TPSA) is 223 Å². The van der Waals surface area contributed by atoms with Crippen molar-refractivity contribution in [1.29, 1.82) is 0 Å². The molecule has 0 bridgehead atoms. The normalized spacial score (nSPS) is 9.23. The molecule has 0 unspecified atom stereocenters. The average Bonchev–Trinajstić information content (AvgIpc) is 3.14. The van der Waals surface area contributed by atoms with Gasteiger partial charge in [-0.2, -0.15) is 0 Å². The molecule has 0 fully saturated rings. The van der Waals surface area contributed by atoms with E-state index in [0.29, 0.717) is 19.6 Å². The van der Waals surface area contributed by atoms with Crippen LogP contribution in [0.15, 0.2) is 60.7 Å². The fourth-order valence-electron chi connectivity index (χ4n) is 3.34. The molecule has 2 rings (SSSR count). The van der Waals surface area contributed by atoms with E-state index in [-0.39, 0.29) is 126 Å². The number of halogens is 7. The summed E-state index contributed by atoms with van der Waals surface area (Å²) in [6.45, 7) is 12.1. The molecule has 0 heterocycles. The number of nitrogens with one attached hydrogen (secondary N) is 3. The number of carboxylic acids is 1. The largest absolute Gasteiger partial charge is 1.00 e. The van der Waals surface area contributed by atoms with Gasteiger partial charge < -0.3 is 88.2 Å². The van der Waals surface area contributed by atoms with Gasteiger partial charge in [0.1, 0.15) is 24.4 Å². The number of ether oxygens (including phenoxy) is 4. The van der Waals surface area contributed by atoms with Crippen molar-refractivity contribution in [1.82, 2.24) is 16.0 Å². The Morgan fingerprint density at radius 2 is 0.969 bits per heavy atom. The Morgan fingerprint density at radius 3 is 1.28 bits per heavy atom. The zero-order chi connectivity index (χ0) is 47.0. The zero-order valence-corrected chi connectivity index (χ0v) is 50.8. The molecule has 3 amide bonds. The fraction of sp³-hybridized carbons (Fsp3) is 0.500. The summed E-state index contributed by atoms with van der Waals surface area (Å²) in [6.07, 6.45) is -0.652. The first-order valence-electron chi connectivity index (χ1n) is 18.0. The molecule has 64 heavy (non-hydrogen) atoms. The van der Waals surface area contributed by atoms with E-state index in [9.17, 15) is 28.8 Å². The number of alkyl carbamates (subject to hydrolysis) is 2. The van der Waals surface area contributed by atoms with E-state index in [1.807, 2.05) is 83.3 Å². The summed E-state index contributed by atoms with van der Waals surface area (Å²) in [5.41, 5.74) is 4.38. The van der Waals surface area contributed by atoms with Crippen LogP contribution in [0.25, 0.3) is 0 Å². The second-order valence-corrected chi connectivity index (χ2v) is 24.8. The molecular weight excluding hydrogens is 1430 g/mol. The first-order valence-corrected chi connectivity index (χ1v) is 24.3. The van der Waals surface area contributed by atoms with E-state index >= 15 is 0 Å². The van der Waals surface area contributed by atoms with Crippen molar-refractivity contribution >= 4 is 150 Å². The Hall–Kier alpha value is -0.221. The minimum Gasteiger partial charge on any atom is -1.00 e. The summed E-state index contributed by atoms with van der Waals surface area (Å²) >= 11 is 18.4. The van der Waals surface area contributed by atoms with Gasteiger partial charge >= 0.3 is 30.1 Å². The van der Waals surface area contributed by atoms with Gasteiger partial charge in [0.05, 0.1) is 31.1 Å². The number of carbonyl (C=O) groups excluding carboxylic acids is 5. The quantitative estimate of drug-likeness (QED) is 0.0447. The molecule has 0 atom stereocenters.